The highest BCUT2D eigenvalue weighted by Crippen LogP contribution is 2.17. The number of ether oxygens (including phenoxy) is 1. The second-order valence-electron chi connectivity index (χ2n) is 5.71. The fraction of sp³-hybridized carbons (Fsp3) is 0.588. The van der Waals surface area contributed by atoms with E-state index in [-0.39, 0.29) is 12.5 Å². The number of unbranched alkanes of at least 4 members (excludes halogenated alkanes) is 1. The summed E-state index contributed by atoms with van der Waals surface area (Å²) in [6.45, 7) is 3.02. The van der Waals surface area contributed by atoms with Crippen LogP contribution in [0.2, 0.25) is 0 Å². The van der Waals surface area contributed by atoms with Crippen molar-refractivity contribution in [1.29, 1.82) is 0 Å². The molecule has 1 fully saturated rings. The van der Waals surface area contributed by atoms with Crippen LogP contribution in [-0.4, -0.2) is 55.3 Å². The number of hydrogen-bond acceptors (Lipinski definition) is 4. The molecule has 2 rings (SSSR count). The molecule has 5 heteroatoms. The Hall–Kier alpha value is -1.59. The number of aliphatic hydroxyl groups excluding tert-OH is 1. The number of aliphatic hydroxyl groups is 1. The lowest BCUT2D eigenvalue weighted by molar-refractivity contribution is 0.0952. The largest absolute Gasteiger partial charge is 0.497 e. The Morgan fingerprint density at radius 2 is 2.32 bits per heavy atom. The normalized spacial score (nSPS) is 18.4. The highest BCUT2D eigenvalue weighted by molar-refractivity contribution is 5.94. The lowest BCUT2D eigenvalue weighted by Crippen LogP contribution is -2.33. The minimum absolute atomic E-state index is 0.0618. The number of amides is 1. The third kappa shape index (κ3) is 4.71. The third-order valence-electron chi connectivity index (χ3n) is 4.20. The first-order valence-electron chi connectivity index (χ1n) is 8.01. The van der Waals surface area contributed by atoms with Crippen LogP contribution < -0.4 is 10.1 Å². The highest BCUT2D eigenvalue weighted by atomic mass is 16.5. The van der Waals surface area contributed by atoms with Gasteiger partial charge in [0.1, 0.15) is 5.75 Å². The molecule has 2 N–H and O–H groups in total. The third-order valence-corrected chi connectivity index (χ3v) is 4.20. The van der Waals surface area contributed by atoms with Gasteiger partial charge in [-0.2, -0.15) is 0 Å². The van der Waals surface area contributed by atoms with Gasteiger partial charge in [-0.3, -0.25) is 9.69 Å². The van der Waals surface area contributed by atoms with E-state index in [0.717, 1.165) is 32.4 Å². The number of carbonyl (C=O) groups excluding carboxylic acids is 1. The van der Waals surface area contributed by atoms with E-state index in [4.69, 9.17) is 4.74 Å². The van der Waals surface area contributed by atoms with Crippen molar-refractivity contribution in [2.45, 2.75) is 31.7 Å². The SMILES string of the molecule is COc1cccc(C(=O)NCCCCN2CCCC2CO)c1. The van der Waals surface area contributed by atoms with E-state index >= 15 is 0 Å². The number of methoxy groups -OCH3 is 1. The monoisotopic (exact) mass is 306 g/mol. The number of benzene rings is 1. The molecule has 1 amide bonds. The Bertz CT molecular complexity index is 479. The second-order valence-corrected chi connectivity index (χ2v) is 5.71. The molecule has 1 aromatic rings. The number of hydrogen-bond donors (Lipinski definition) is 2. The minimum atomic E-state index is -0.0618. The van der Waals surface area contributed by atoms with Crippen molar-refractivity contribution < 1.29 is 14.6 Å². The average Bonchev–Trinajstić information content (AvgIpc) is 3.02. The van der Waals surface area contributed by atoms with Crippen molar-refractivity contribution in [2.75, 3.05) is 33.4 Å². The Morgan fingerprint density at radius 1 is 1.45 bits per heavy atom. The second kappa shape index (κ2) is 8.76. The van der Waals surface area contributed by atoms with Gasteiger partial charge in [-0.1, -0.05) is 6.07 Å². The molecule has 0 aromatic heterocycles. The summed E-state index contributed by atoms with van der Waals surface area (Å²) in [6, 6.07) is 7.51. The average molecular weight is 306 g/mol. The van der Waals surface area contributed by atoms with E-state index in [1.165, 1.54) is 6.42 Å². The molecule has 1 atom stereocenters. The van der Waals surface area contributed by atoms with Crippen molar-refractivity contribution in [1.82, 2.24) is 10.2 Å². The fourth-order valence-electron chi connectivity index (χ4n) is 2.90. The van der Waals surface area contributed by atoms with E-state index in [2.05, 4.69) is 10.2 Å². The van der Waals surface area contributed by atoms with Crippen LogP contribution >= 0.6 is 0 Å². The fourth-order valence-corrected chi connectivity index (χ4v) is 2.90. The van der Waals surface area contributed by atoms with Crippen molar-refractivity contribution in [3.05, 3.63) is 29.8 Å². The van der Waals surface area contributed by atoms with Gasteiger partial charge in [-0.25, -0.2) is 0 Å². The van der Waals surface area contributed by atoms with Crippen LogP contribution in [0.15, 0.2) is 24.3 Å². The molecule has 0 aliphatic carbocycles. The minimum Gasteiger partial charge on any atom is -0.497 e. The van der Waals surface area contributed by atoms with Crippen LogP contribution in [0, 0.1) is 0 Å². The summed E-state index contributed by atoms with van der Waals surface area (Å²) in [5.74, 6) is 0.630. The first-order valence-corrected chi connectivity index (χ1v) is 8.01. The summed E-state index contributed by atoms with van der Waals surface area (Å²) in [5.41, 5.74) is 0.624. The number of nitrogens with one attached hydrogen (secondary N) is 1. The van der Waals surface area contributed by atoms with E-state index in [1.54, 1.807) is 19.2 Å². The summed E-state index contributed by atoms with van der Waals surface area (Å²) in [5, 5.41) is 12.2. The molecule has 0 bridgehead atoms. The Balaban J connectivity index is 1.64. The first kappa shape index (κ1) is 16.8. The zero-order valence-corrected chi connectivity index (χ0v) is 13.3. The molecule has 1 aliphatic rings. The van der Waals surface area contributed by atoms with Gasteiger partial charge in [0.2, 0.25) is 0 Å². The molecule has 22 heavy (non-hydrogen) atoms. The van der Waals surface area contributed by atoms with Crippen LogP contribution in [0.3, 0.4) is 0 Å². The number of rotatable bonds is 8. The summed E-state index contributed by atoms with van der Waals surface area (Å²) < 4.78 is 5.12. The Morgan fingerprint density at radius 3 is 3.09 bits per heavy atom. The smallest absolute Gasteiger partial charge is 0.251 e. The Labute approximate surface area is 132 Å². The number of nitrogens with zero attached hydrogens (tertiary/aromatic N) is 1. The molecule has 1 heterocycles. The molecular weight excluding hydrogens is 280 g/mol. The van der Waals surface area contributed by atoms with Gasteiger partial charge in [0.25, 0.3) is 5.91 Å². The van der Waals surface area contributed by atoms with Gasteiger partial charge in [0.15, 0.2) is 0 Å². The van der Waals surface area contributed by atoms with E-state index in [9.17, 15) is 9.90 Å². The quantitative estimate of drug-likeness (QED) is 0.717. The van der Waals surface area contributed by atoms with Crippen LogP contribution in [-0.2, 0) is 0 Å². The van der Waals surface area contributed by atoms with Gasteiger partial charge in [0, 0.05) is 18.2 Å². The molecule has 1 aromatic carbocycles. The molecule has 1 aliphatic heterocycles. The van der Waals surface area contributed by atoms with E-state index in [1.807, 2.05) is 12.1 Å². The molecular formula is C17H26N2O3. The molecule has 0 spiro atoms. The van der Waals surface area contributed by atoms with Crippen molar-refractivity contribution in [3.63, 3.8) is 0 Å². The molecule has 1 unspecified atom stereocenters. The highest BCUT2D eigenvalue weighted by Gasteiger charge is 2.22. The van der Waals surface area contributed by atoms with Gasteiger partial charge < -0.3 is 15.2 Å². The maximum absolute atomic E-state index is 12.0. The molecule has 0 saturated carbocycles. The molecule has 0 radical (unpaired) electrons. The van der Waals surface area contributed by atoms with Gasteiger partial charge in [-0.05, 0) is 57.0 Å². The lowest BCUT2D eigenvalue weighted by Gasteiger charge is -2.22. The predicted octanol–water partition coefficient (Wildman–Crippen LogP) is 1.66. The summed E-state index contributed by atoms with van der Waals surface area (Å²) in [4.78, 5) is 14.4. The van der Waals surface area contributed by atoms with E-state index in [0.29, 0.717) is 23.9 Å². The summed E-state index contributed by atoms with van der Waals surface area (Å²) >= 11 is 0. The van der Waals surface area contributed by atoms with Crippen LogP contribution in [0.1, 0.15) is 36.0 Å². The predicted molar refractivity (Wildman–Crippen MR) is 86.2 cm³/mol. The van der Waals surface area contributed by atoms with Gasteiger partial charge >= 0.3 is 0 Å². The van der Waals surface area contributed by atoms with Gasteiger partial charge in [0.05, 0.1) is 13.7 Å². The summed E-state index contributed by atoms with van der Waals surface area (Å²) in [6.07, 6.45) is 4.26. The number of carbonyl (C=O) groups is 1. The molecule has 1 saturated heterocycles. The van der Waals surface area contributed by atoms with Crippen LogP contribution in [0.4, 0.5) is 0 Å². The standard InChI is InChI=1S/C17H26N2O3/c1-22-16-8-4-6-14(12-16)17(21)18-9-2-3-10-19-11-5-7-15(19)13-20/h4,6,8,12,15,20H,2-3,5,7,9-11,13H2,1H3,(H,18,21). The lowest BCUT2D eigenvalue weighted by atomic mass is 10.2. The van der Waals surface area contributed by atoms with Crippen molar-refractivity contribution in [2.24, 2.45) is 0 Å². The first-order chi connectivity index (χ1) is 10.7. The maximum Gasteiger partial charge on any atom is 0.251 e. The van der Waals surface area contributed by atoms with Crippen LogP contribution in [0.5, 0.6) is 5.75 Å². The van der Waals surface area contributed by atoms with Crippen molar-refractivity contribution >= 4 is 5.91 Å². The van der Waals surface area contributed by atoms with Crippen molar-refractivity contribution in [3.8, 4) is 5.75 Å². The number of likely N-dealkylation sites (tertiary alicyclic amines) is 1. The zero-order chi connectivity index (χ0) is 15.8. The topological polar surface area (TPSA) is 61.8 Å². The Kier molecular flexibility index (Phi) is 6.68. The molecule has 5 nitrogen and oxygen atoms in total. The maximum atomic E-state index is 12.0. The summed E-state index contributed by atoms with van der Waals surface area (Å²) in [7, 11) is 1.59. The van der Waals surface area contributed by atoms with Gasteiger partial charge in [-0.15, -0.1) is 0 Å². The molecule has 122 valence electrons. The van der Waals surface area contributed by atoms with Crippen LogP contribution in [0.25, 0.3) is 0 Å². The zero-order valence-electron chi connectivity index (χ0n) is 13.3. The van der Waals surface area contributed by atoms with E-state index < -0.39 is 0 Å².